The van der Waals surface area contributed by atoms with Crippen LogP contribution in [-0.4, -0.2) is 16.5 Å². The molecule has 0 spiro atoms. The van der Waals surface area contributed by atoms with Crippen LogP contribution in [0, 0.1) is 25.2 Å². The van der Waals surface area contributed by atoms with E-state index >= 15 is 0 Å². The molecule has 144 valence electrons. The lowest BCUT2D eigenvalue weighted by Gasteiger charge is -2.11. The smallest absolute Gasteiger partial charge is 0.319 e. The highest BCUT2D eigenvalue weighted by Crippen LogP contribution is 2.25. The maximum atomic E-state index is 11.9. The van der Waals surface area contributed by atoms with Gasteiger partial charge in [-0.3, -0.25) is 10.1 Å². The van der Waals surface area contributed by atoms with Crippen LogP contribution in [0.5, 0.6) is 0 Å². The van der Waals surface area contributed by atoms with E-state index in [1.165, 1.54) is 6.08 Å². The lowest BCUT2D eigenvalue weighted by Crippen LogP contribution is -2.35. The largest absolute Gasteiger partial charge is 0.351 e. The summed E-state index contributed by atoms with van der Waals surface area (Å²) < 4.78 is 2.04. The van der Waals surface area contributed by atoms with Crippen LogP contribution in [0.15, 0.2) is 66.2 Å². The van der Waals surface area contributed by atoms with Crippen LogP contribution in [0.1, 0.15) is 17.0 Å². The molecule has 0 saturated carbocycles. The van der Waals surface area contributed by atoms with Crippen molar-refractivity contribution in [3.63, 3.8) is 0 Å². The van der Waals surface area contributed by atoms with Gasteiger partial charge in [-0.25, -0.2) is 4.79 Å². The van der Waals surface area contributed by atoms with Gasteiger partial charge in [-0.2, -0.15) is 5.26 Å². The average Bonchev–Trinajstić information content (AvgIpc) is 2.99. The third-order valence-corrected chi connectivity index (χ3v) is 4.60. The topological polar surface area (TPSA) is 101 Å². The second-order valence-electron chi connectivity index (χ2n) is 6.56. The molecule has 0 atom stereocenters. The summed E-state index contributed by atoms with van der Waals surface area (Å²) in [7, 11) is 0. The molecule has 0 aliphatic heterocycles. The first-order valence-electron chi connectivity index (χ1n) is 8.98. The molecule has 3 aromatic rings. The molecule has 1 heterocycles. The third kappa shape index (κ3) is 4.25. The van der Waals surface area contributed by atoms with Gasteiger partial charge in [-0.15, -0.1) is 0 Å². The van der Waals surface area contributed by atoms with E-state index in [1.54, 1.807) is 0 Å². The van der Waals surface area contributed by atoms with Gasteiger partial charge in [-0.05, 0) is 54.8 Å². The number of aryl methyl sites for hydroxylation is 1. The number of rotatable bonds is 4. The van der Waals surface area contributed by atoms with Crippen molar-refractivity contribution in [1.29, 1.82) is 5.26 Å². The van der Waals surface area contributed by atoms with E-state index in [4.69, 9.17) is 5.73 Å². The van der Waals surface area contributed by atoms with Crippen molar-refractivity contribution < 1.29 is 9.59 Å². The Kier molecular flexibility index (Phi) is 5.61. The molecule has 0 aliphatic rings. The van der Waals surface area contributed by atoms with E-state index in [0.29, 0.717) is 5.56 Å². The number of aromatic nitrogens is 1. The third-order valence-electron chi connectivity index (χ3n) is 4.60. The van der Waals surface area contributed by atoms with Gasteiger partial charge < -0.3 is 10.3 Å². The number of nitrogens with one attached hydrogen (secondary N) is 1. The molecule has 0 radical (unpaired) electrons. The molecule has 2 aromatic carbocycles. The zero-order valence-electron chi connectivity index (χ0n) is 16.1. The van der Waals surface area contributed by atoms with Crippen molar-refractivity contribution in [2.45, 2.75) is 13.8 Å². The van der Waals surface area contributed by atoms with Gasteiger partial charge in [0, 0.05) is 17.1 Å². The van der Waals surface area contributed by atoms with Crippen molar-refractivity contribution in [2.75, 3.05) is 0 Å². The van der Waals surface area contributed by atoms with E-state index in [-0.39, 0.29) is 5.57 Å². The second-order valence-corrected chi connectivity index (χ2v) is 6.56. The van der Waals surface area contributed by atoms with Crippen molar-refractivity contribution in [2.24, 2.45) is 5.73 Å². The van der Waals surface area contributed by atoms with Crippen LogP contribution in [0.25, 0.3) is 22.9 Å². The SMILES string of the molecule is Cc1cc(/C=C(\C#N)C(=O)NC(N)=O)c(C)n1-c1ccc(-c2ccccc2)cc1. The van der Waals surface area contributed by atoms with Crippen LogP contribution < -0.4 is 11.1 Å². The summed E-state index contributed by atoms with van der Waals surface area (Å²) in [6.07, 6.45) is 1.45. The number of hydrogen-bond donors (Lipinski definition) is 2. The average molecular weight is 384 g/mol. The van der Waals surface area contributed by atoms with Crippen molar-refractivity contribution in [1.82, 2.24) is 9.88 Å². The minimum atomic E-state index is -1.000. The summed E-state index contributed by atoms with van der Waals surface area (Å²) in [6, 6.07) is 21.0. The number of carbonyl (C=O) groups excluding carboxylic acids is 2. The van der Waals surface area contributed by atoms with Gasteiger partial charge in [0.15, 0.2) is 0 Å². The molecule has 0 fully saturated rings. The van der Waals surface area contributed by atoms with Gasteiger partial charge >= 0.3 is 6.03 Å². The quantitative estimate of drug-likeness (QED) is 0.527. The fraction of sp³-hybridized carbons (Fsp3) is 0.0870. The highest BCUT2D eigenvalue weighted by atomic mass is 16.2. The minimum absolute atomic E-state index is 0.191. The summed E-state index contributed by atoms with van der Waals surface area (Å²) in [6.45, 7) is 3.86. The molecule has 6 nitrogen and oxygen atoms in total. The first-order chi connectivity index (χ1) is 13.9. The number of nitrogens with zero attached hydrogens (tertiary/aromatic N) is 2. The number of hydrogen-bond acceptors (Lipinski definition) is 3. The second kappa shape index (κ2) is 8.28. The number of primary amides is 1. The molecule has 1 aromatic heterocycles. The van der Waals surface area contributed by atoms with Gasteiger partial charge in [-0.1, -0.05) is 42.5 Å². The first-order valence-corrected chi connectivity index (χ1v) is 8.98. The minimum Gasteiger partial charge on any atom is -0.351 e. The monoisotopic (exact) mass is 384 g/mol. The van der Waals surface area contributed by atoms with Crippen molar-refractivity contribution >= 4 is 18.0 Å². The molecular weight excluding hydrogens is 364 g/mol. The van der Waals surface area contributed by atoms with Crippen LogP contribution >= 0.6 is 0 Å². The summed E-state index contributed by atoms with van der Waals surface area (Å²) >= 11 is 0. The van der Waals surface area contributed by atoms with E-state index in [0.717, 1.165) is 28.2 Å². The normalized spacial score (nSPS) is 11.0. The number of benzene rings is 2. The Morgan fingerprint density at radius 3 is 2.24 bits per heavy atom. The van der Waals surface area contributed by atoms with E-state index < -0.39 is 11.9 Å². The van der Waals surface area contributed by atoms with Gasteiger partial charge in [0.1, 0.15) is 11.6 Å². The highest BCUT2D eigenvalue weighted by molar-refractivity contribution is 6.08. The van der Waals surface area contributed by atoms with E-state index in [1.807, 2.05) is 66.2 Å². The Balaban J connectivity index is 1.96. The Labute approximate surface area is 168 Å². The Morgan fingerprint density at radius 2 is 1.66 bits per heavy atom. The highest BCUT2D eigenvalue weighted by Gasteiger charge is 2.14. The van der Waals surface area contributed by atoms with Crippen LogP contribution in [0.2, 0.25) is 0 Å². The first kappa shape index (κ1) is 19.6. The van der Waals surface area contributed by atoms with Gasteiger partial charge in [0.25, 0.3) is 5.91 Å². The van der Waals surface area contributed by atoms with Crippen molar-refractivity contribution in [3.8, 4) is 22.9 Å². The molecular formula is C23H20N4O2. The molecule has 3 amide bonds. The molecule has 3 N–H and O–H groups in total. The lowest BCUT2D eigenvalue weighted by molar-refractivity contribution is -0.115. The van der Waals surface area contributed by atoms with Gasteiger partial charge in [0.05, 0.1) is 0 Å². The zero-order chi connectivity index (χ0) is 21.0. The molecule has 0 saturated heterocycles. The predicted molar refractivity (Wildman–Crippen MR) is 112 cm³/mol. The molecule has 3 rings (SSSR count). The van der Waals surface area contributed by atoms with Crippen LogP contribution in [0.4, 0.5) is 4.79 Å². The number of urea groups is 1. The summed E-state index contributed by atoms with van der Waals surface area (Å²) in [5.41, 5.74) is 10.5. The Hall–Kier alpha value is -4.11. The van der Waals surface area contributed by atoms with Crippen LogP contribution in [-0.2, 0) is 4.79 Å². The summed E-state index contributed by atoms with van der Waals surface area (Å²) in [5.74, 6) is -0.822. The maximum absolute atomic E-state index is 11.9. The fourth-order valence-electron chi connectivity index (χ4n) is 3.25. The standard InChI is InChI=1S/C23H20N4O2/c1-15-12-19(13-20(14-24)22(28)26-23(25)29)16(2)27(15)21-10-8-18(9-11-21)17-6-4-3-5-7-17/h3-13H,1-2H3,(H3,25,26,28,29)/b20-13+. The summed E-state index contributed by atoms with van der Waals surface area (Å²) in [5, 5.41) is 11.2. The summed E-state index contributed by atoms with van der Waals surface area (Å²) in [4.78, 5) is 22.8. The zero-order valence-corrected chi connectivity index (χ0v) is 16.1. The predicted octanol–water partition coefficient (Wildman–Crippen LogP) is 3.86. The lowest BCUT2D eigenvalue weighted by atomic mass is 10.1. The van der Waals surface area contributed by atoms with Crippen LogP contribution in [0.3, 0.4) is 0 Å². The molecule has 0 aliphatic carbocycles. The Morgan fingerprint density at radius 1 is 1.03 bits per heavy atom. The van der Waals surface area contributed by atoms with Gasteiger partial charge in [0.2, 0.25) is 0 Å². The number of imide groups is 1. The molecule has 0 unspecified atom stereocenters. The van der Waals surface area contributed by atoms with E-state index in [9.17, 15) is 14.9 Å². The number of amides is 3. The van der Waals surface area contributed by atoms with Crippen molar-refractivity contribution in [3.05, 3.63) is 83.2 Å². The number of carbonyl (C=O) groups is 2. The fourth-order valence-corrected chi connectivity index (χ4v) is 3.25. The van der Waals surface area contributed by atoms with E-state index in [2.05, 4.69) is 24.3 Å². The molecule has 6 heteroatoms. The Bertz CT molecular complexity index is 1130. The molecule has 0 bridgehead atoms. The number of nitriles is 1. The number of nitrogens with two attached hydrogens (primary N) is 1. The molecule has 29 heavy (non-hydrogen) atoms. The maximum Gasteiger partial charge on any atom is 0.319 e.